The summed E-state index contributed by atoms with van der Waals surface area (Å²) in [5.74, 6) is -0.479. The Morgan fingerprint density at radius 2 is 2.18 bits per heavy atom. The highest BCUT2D eigenvalue weighted by atomic mass is 79.9. The number of aliphatic hydroxyl groups is 1. The van der Waals surface area contributed by atoms with Crippen LogP contribution in [0.1, 0.15) is 39.3 Å². The topological polar surface area (TPSA) is 150 Å². The van der Waals surface area contributed by atoms with Gasteiger partial charge >= 0.3 is 10.3 Å². The van der Waals surface area contributed by atoms with Crippen LogP contribution in [0.25, 0.3) is 0 Å². The Labute approximate surface area is 203 Å². The van der Waals surface area contributed by atoms with Crippen molar-refractivity contribution < 1.29 is 22.5 Å². The van der Waals surface area contributed by atoms with Crippen LogP contribution in [0, 0.1) is 11.8 Å². The Morgan fingerprint density at radius 3 is 2.91 bits per heavy atom. The van der Waals surface area contributed by atoms with Crippen LogP contribution in [0.4, 0.5) is 0 Å². The Balaban J connectivity index is 1.44. The Morgan fingerprint density at radius 1 is 1.36 bits per heavy atom. The summed E-state index contributed by atoms with van der Waals surface area (Å²) in [6, 6.07) is 1.86. The van der Waals surface area contributed by atoms with E-state index in [4.69, 9.17) is 5.14 Å². The van der Waals surface area contributed by atoms with E-state index in [0.29, 0.717) is 41.9 Å². The summed E-state index contributed by atoms with van der Waals surface area (Å²) in [7, 11) is -4.06. The molecule has 0 aliphatic heterocycles. The third-order valence-electron chi connectivity index (χ3n) is 5.57. The fourth-order valence-electron chi connectivity index (χ4n) is 4.06. The molecule has 13 heteroatoms. The van der Waals surface area contributed by atoms with Gasteiger partial charge in [-0.3, -0.25) is 8.98 Å². The molecule has 0 unspecified atom stereocenters. The van der Waals surface area contributed by atoms with E-state index in [2.05, 4.69) is 35.1 Å². The summed E-state index contributed by atoms with van der Waals surface area (Å²) in [5, 5.41) is 17.1. The van der Waals surface area contributed by atoms with Gasteiger partial charge in [-0.15, -0.1) is 11.3 Å². The van der Waals surface area contributed by atoms with Gasteiger partial charge in [0.25, 0.3) is 0 Å². The number of ketones is 1. The van der Waals surface area contributed by atoms with Crippen molar-refractivity contribution >= 4 is 43.4 Å². The standard InChI is InChI=1S/C20H22BrN5O5S2/c21-19-7-26(11-25-19)6-13-4-18(32-9-13)20(28)15-5-23-10-24-16(15)2-12-1-14(17(27)3-12)8-31-33(22,29)30/h4-5,7,9-12,14,17,27H,1-3,6,8H2,(H2,22,29,30)/t12-,14+,17-/m0/s1. The van der Waals surface area contributed by atoms with Crippen molar-refractivity contribution in [2.24, 2.45) is 17.0 Å². The van der Waals surface area contributed by atoms with E-state index in [1.165, 1.54) is 23.9 Å². The molecule has 3 aromatic rings. The predicted octanol–water partition coefficient (Wildman–Crippen LogP) is 1.93. The van der Waals surface area contributed by atoms with Gasteiger partial charge in [0.1, 0.15) is 10.9 Å². The summed E-state index contributed by atoms with van der Waals surface area (Å²) in [4.78, 5) is 26.3. The van der Waals surface area contributed by atoms with E-state index in [9.17, 15) is 18.3 Å². The number of rotatable bonds is 9. The minimum Gasteiger partial charge on any atom is -0.393 e. The van der Waals surface area contributed by atoms with E-state index in [1.54, 1.807) is 6.33 Å². The first-order valence-corrected chi connectivity index (χ1v) is 13.3. The van der Waals surface area contributed by atoms with Crippen molar-refractivity contribution in [3.05, 3.63) is 62.8 Å². The minimum absolute atomic E-state index is 0.0223. The molecule has 3 heterocycles. The SMILES string of the molecule is NS(=O)(=O)OC[C@H]1C[C@@H](Cc2ncncc2C(=O)c2cc(Cn3cnc(Br)c3)cs2)C[C@@H]1O. The number of aromatic nitrogens is 4. The van der Waals surface area contributed by atoms with Crippen LogP contribution in [0.2, 0.25) is 0 Å². The maximum Gasteiger partial charge on any atom is 0.333 e. The van der Waals surface area contributed by atoms with Gasteiger partial charge in [0.05, 0.1) is 35.2 Å². The fraction of sp³-hybridized carbons (Fsp3) is 0.400. The third kappa shape index (κ3) is 6.31. The van der Waals surface area contributed by atoms with Gasteiger partial charge in [-0.25, -0.2) is 20.1 Å². The van der Waals surface area contributed by atoms with Gasteiger partial charge < -0.3 is 9.67 Å². The number of thiophene rings is 1. The molecule has 10 nitrogen and oxygen atoms in total. The maximum atomic E-state index is 13.2. The van der Waals surface area contributed by atoms with Crippen LogP contribution in [0.3, 0.4) is 0 Å². The summed E-state index contributed by atoms with van der Waals surface area (Å²) < 4.78 is 29.4. The first kappa shape index (κ1) is 24.1. The summed E-state index contributed by atoms with van der Waals surface area (Å²) in [6.45, 7) is 0.431. The fourth-order valence-corrected chi connectivity index (χ4v) is 5.64. The lowest BCUT2D eigenvalue weighted by molar-refractivity contribution is 0.100. The lowest BCUT2D eigenvalue weighted by atomic mass is 9.96. The molecule has 1 aliphatic carbocycles. The highest BCUT2D eigenvalue weighted by Crippen LogP contribution is 2.34. The molecule has 4 rings (SSSR count). The molecule has 0 saturated heterocycles. The third-order valence-corrected chi connectivity index (χ3v) is 7.42. The average molecular weight is 556 g/mol. The number of aliphatic hydroxyl groups excluding tert-OH is 1. The number of nitrogens with zero attached hydrogens (tertiary/aromatic N) is 4. The number of hydrogen-bond donors (Lipinski definition) is 2. The van der Waals surface area contributed by atoms with Crippen LogP contribution in [-0.2, 0) is 27.5 Å². The maximum absolute atomic E-state index is 13.2. The number of halogens is 1. The first-order chi connectivity index (χ1) is 15.7. The minimum atomic E-state index is -4.06. The Kier molecular flexibility index (Phi) is 7.36. The van der Waals surface area contributed by atoms with Crippen LogP contribution in [0.5, 0.6) is 0 Å². The Hall–Kier alpha value is -2.03. The van der Waals surface area contributed by atoms with Crippen molar-refractivity contribution in [1.29, 1.82) is 0 Å². The van der Waals surface area contributed by atoms with Crippen LogP contribution in [-0.4, -0.2) is 51.5 Å². The van der Waals surface area contributed by atoms with Crippen molar-refractivity contribution in [3.63, 3.8) is 0 Å². The molecule has 0 spiro atoms. The van der Waals surface area contributed by atoms with Gasteiger partial charge in [-0.05, 0) is 58.1 Å². The number of nitrogens with two attached hydrogens (primary N) is 1. The van der Waals surface area contributed by atoms with Gasteiger partial charge in [0.2, 0.25) is 5.78 Å². The van der Waals surface area contributed by atoms with Gasteiger partial charge in [-0.2, -0.15) is 8.42 Å². The first-order valence-electron chi connectivity index (χ1n) is 10.1. The molecular formula is C20H22BrN5O5S2. The normalized spacial score (nSPS) is 20.9. The highest BCUT2D eigenvalue weighted by molar-refractivity contribution is 9.10. The van der Waals surface area contributed by atoms with Crippen LogP contribution >= 0.6 is 27.3 Å². The second-order valence-corrected chi connectivity index (χ2v) is 11.0. The zero-order chi connectivity index (χ0) is 23.6. The molecule has 0 radical (unpaired) electrons. The molecule has 33 heavy (non-hydrogen) atoms. The lowest BCUT2D eigenvalue weighted by Gasteiger charge is -2.13. The zero-order valence-corrected chi connectivity index (χ0v) is 20.6. The molecule has 0 aromatic carbocycles. The summed E-state index contributed by atoms with van der Waals surface area (Å²) >= 11 is 4.68. The molecule has 1 fully saturated rings. The number of imidazole rings is 1. The van der Waals surface area contributed by atoms with Gasteiger partial charge in [0, 0.05) is 24.9 Å². The van der Waals surface area contributed by atoms with Crippen molar-refractivity contribution in [2.75, 3.05) is 6.61 Å². The van der Waals surface area contributed by atoms with E-state index >= 15 is 0 Å². The van der Waals surface area contributed by atoms with Gasteiger partial charge in [-0.1, -0.05) is 0 Å². The van der Waals surface area contributed by atoms with Crippen molar-refractivity contribution in [1.82, 2.24) is 19.5 Å². The van der Waals surface area contributed by atoms with E-state index in [0.717, 1.165) is 10.2 Å². The number of carbonyl (C=O) groups is 1. The smallest absolute Gasteiger partial charge is 0.333 e. The quantitative estimate of drug-likeness (QED) is 0.380. The highest BCUT2D eigenvalue weighted by Gasteiger charge is 2.35. The van der Waals surface area contributed by atoms with Crippen LogP contribution in [0.15, 0.2) is 41.1 Å². The molecular weight excluding hydrogens is 534 g/mol. The summed E-state index contributed by atoms with van der Waals surface area (Å²) in [6.07, 6.45) is 7.25. The van der Waals surface area contributed by atoms with E-state index in [-0.39, 0.29) is 24.2 Å². The lowest BCUT2D eigenvalue weighted by Crippen LogP contribution is -2.24. The zero-order valence-electron chi connectivity index (χ0n) is 17.4. The van der Waals surface area contributed by atoms with E-state index in [1.807, 2.05) is 22.2 Å². The molecule has 3 atom stereocenters. The molecule has 1 aliphatic rings. The van der Waals surface area contributed by atoms with Crippen LogP contribution < -0.4 is 5.14 Å². The van der Waals surface area contributed by atoms with E-state index < -0.39 is 16.4 Å². The molecule has 0 amide bonds. The molecule has 3 N–H and O–H groups in total. The molecule has 3 aromatic heterocycles. The molecule has 1 saturated carbocycles. The second-order valence-electron chi connectivity index (χ2n) is 8.05. The Bertz CT molecular complexity index is 1240. The summed E-state index contributed by atoms with van der Waals surface area (Å²) in [5.41, 5.74) is 2.02. The average Bonchev–Trinajstić information content (AvgIpc) is 3.47. The number of carbonyl (C=O) groups excluding carboxylic acids is 1. The van der Waals surface area contributed by atoms with Crippen molar-refractivity contribution in [2.45, 2.75) is 31.9 Å². The monoisotopic (exact) mass is 555 g/mol. The molecule has 176 valence electrons. The molecule has 0 bridgehead atoms. The van der Waals surface area contributed by atoms with Gasteiger partial charge in [0.15, 0.2) is 0 Å². The second kappa shape index (κ2) is 10.1. The van der Waals surface area contributed by atoms with Crippen molar-refractivity contribution in [3.8, 4) is 0 Å². The predicted molar refractivity (Wildman–Crippen MR) is 124 cm³/mol. The number of hydrogen-bond acceptors (Lipinski definition) is 9. The largest absolute Gasteiger partial charge is 0.393 e.